The molecule has 2 heterocycles. The zero-order valence-electron chi connectivity index (χ0n) is 19.9. The molecule has 194 valence electrons. The Morgan fingerprint density at radius 1 is 0.857 bits per heavy atom. The summed E-state index contributed by atoms with van der Waals surface area (Å²) in [6, 6.07) is 5.54. The predicted octanol–water partition coefficient (Wildman–Crippen LogP) is -0.185. The Balaban J connectivity index is 0.000000780. The normalized spacial score (nSPS) is 15.6. The maximum absolute atomic E-state index is 12.5. The van der Waals surface area contributed by atoms with E-state index in [1.807, 2.05) is 28.0 Å². The monoisotopic (exact) mass is 495 g/mol. The Morgan fingerprint density at radius 3 is 1.94 bits per heavy atom. The first-order valence-electron chi connectivity index (χ1n) is 10.9. The second-order valence-corrected chi connectivity index (χ2v) is 7.75. The second-order valence-electron chi connectivity index (χ2n) is 7.75. The molecule has 0 atom stereocenters. The van der Waals surface area contributed by atoms with E-state index in [0.29, 0.717) is 31.1 Å². The van der Waals surface area contributed by atoms with Crippen LogP contribution in [-0.2, 0) is 19.2 Å². The van der Waals surface area contributed by atoms with Crippen molar-refractivity contribution < 1.29 is 44.3 Å². The number of hydrogen-bond acceptors (Lipinski definition) is 7. The average Bonchev–Trinajstić information content (AvgIpc) is 3.38. The molecule has 0 unspecified atom stereocenters. The Kier molecular flexibility index (Phi) is 12.2. The first kappa shape index (κ1) is 29.4. The third-order valence-corrected chi connectivity index (χ3v) is 5.51. The number of carbonyl (C=O) groups is 4. The van der Waals surface area contributed by atoms with Gasteiger partial charge in [0.05, 0.1) is 20.8 Å². The van der Waals surface area contributed by atoms with Crippen LogP contribution in [0.3, 0.4) is 0 Å². The number of hydrogen-bond donors (Lipinski definition) is 2. The van der Waals surface area contributed by atoms with Crippen molar-refractivity contribution in [2.45, 2.75) is 12.8 Å². The van der Waals surface area contributed by atoms with Crippen molar-refractivity contribution in [2.75, 3.05) is 60.0 Å². The van der Waals surface area contributed by atoms with E-state index in [2.05, 4.69) is 4.90 Å². The molecule has 2 fully saturated rings. The van der Waals surface area contributed by atoms with Crippen LogP contribution >= 0.6 is 0 Å². The molecule has 2 saturated heterocycles. The highest BCUT2D eigenvalue weighted by Gasteiger charge is 2.24. The van der Waals surface area contributed by atoms with Crippen LogP contribution in [0.25, 0.3) is 6.08 Å². The molecule has 1 aromatic rings. The number of carboxylic acids is 2. The number of benzene rings is 1. The van der Waals surface area contributed by atoms with Gasteiger partial charge in [-0.1, -0.05) is 6.07 Å². The van der Waals surface area contributed by atoms with Gasteiger partial charge in [0.1, 0.15) is 0 Å². The van der Waals surface area contributed by atoms with Crippen LogP contribution in [0.1, 0.15) is 18.4 Å². The quantitative estimate of drug-likeness (QED) is 0.401. The number of aliphatic carboxylic acids is 2. The summed E-state index contributed by atoms with van der Waals surface area (Å²) in [5.74, 6) is -2.16. The number of piperazine rings is 1. The van der Waals surface area contributed by atoms with E-state index < -0.39 is 11.9 Å². The molecule has 1 aromatic carbocycles. The number of rotatable bonds is 6. The average molecular weight is 496 g/mol. The number of carboxylic acid groups (broad SMARTS) is 2. The summed E-state index contributed by atoms with van der Waals surface area (Å²) in [6.07, 6.45) is 5.60. The van der Waals surface area contributed by atoms with Gasteiger partial charge in [0, 0.05) is 45.3 Å². The molecule has 0 radical (unpaired) electrons. The van der Waals surface area contributed by atoms with E-state index in [9.17, 15) is 9.59 Å². The summed E-state index contributed by atoms with van der Waals surface area (Å²) < 4.78 is 10.5. The molecule has 0 bridgehead atoms. The van der Waals surface area contributed by atoms with Crippen LogP contribution in [0.4, 0.5) is 0 Å². The third kappa shape index (κ3) is 9.26. The second kappa shape index (κ2) is 14.6. The fraction of sp³-hybridized carbons (Fsp3) is 0.478. The number of carbonyl (C=O) groups excluding carboxylic acids is 2. The number of amides is 2. The summed E-state index contributed by atoms with van der Waals surface area (Å²) >= 11 is 0. The van der Waals surface area contributed by atoms with Crippen molar-refractivity contribution >= 4 is 29.8 Å². The van der Waals surface area contributed by atoms with E-state index in [1.54, 1.807) is 26.4 Å². The molecule has 0 spiro atoms. The van der Waals surface area contributed by atoms with Crippen molar-refractivity contribution in [3.8, 4) is 11.5 Å². The van der Waals surface area contributed by atoms with Gasteiger partial charge >= 0.3 is 11.9 Å². The highest BCUT2D eigenvalue weighted by Crippen LogP contribution is 2.28. The zero-order valence-corrected chi connectivity index (χ0v) is 19.9. The molecule has 3 rings (SSSR count). The van der Waals surface area contributed by atoms with Gasteiger partial charge in [-0.2, -0.15) is 0 Å². The first-order chi connectivity index (χ1) is 16.2. The van der Waals surface area contributed by atoms with E-state index in [1.165, 1.54) is 0 Å². The molecular formula is C23H33N3O9. The Morgan fingerprint density at radius 2 is 1.43 bits per heavy atom. The standard InChI is InChI=1S/C21H29N3O4.C2H2O4.H2O/c1-27-18-7-5-17(15-19(18)28-2)6-8-20(25)24-13-11-22(12-14-24)16-21(26)23-9-3-4-10-23;3-1(4)2(5)6;/h5-8,15H,3-4,9-14,16H2,1-2H3;(H,3,4)(H,5,6);1H2/b8-6+;;. The lowest BCUT2D eigenvalue weighted by atomic mass is 10.2. The minimum Gasteiger partial charge on any atom is -0.493 e. The van der Waals surface area contributed by atoms with Gasteiger partial charge in [0.2, 0.25) is 11.8 Å². The van der Waals surface area contributed by atoms with Crippen LogP contribution in [0, 0.1) is 0 Å². The lowest BCUT2D eigenvalue weighted by Crippen LogP contribution is -2.51. The summed E-state index contributed by atoms with van der Waals surface area (Å²) in [4.78, 5) is 48.9. The lowest BCUT2D eigenvalue weighted by Gasteiger charge is -2.34. The molecule has 12 nitrogen and oxygen atoms in total. The van der Waals surface area contributed by atoms with Gasteiger partial charge in [-0.25, -0.2) is 9.59 Å². The fourth-order valence-corrected chi connectivity index (χ4v) is 3.61. The van der Waals surface area contributed by atoms with Crippen molar-refractivity contribution in [2.24, 2.45) is 0 Å². The third-order valence-electron chi connectivity index (χ3n) is 5.51. The van der Waals surface area contributed by atoms with E-state index in [0.717, 1.165) is 44.6 Å². The van der Waals surface area contributed by atoms with Crippen molar-refractivity contribution in [1.82, 2.24) is 14.7 Å². The Labute approximate surface area is 203 Å². The largest absolute Gasteiger partial charge is 0.493 e. The van der Waals surface area contributed by atoms with E-state index >= 15 is 0 Å². The van der Waals surface area contributed by atoms with Gasteiger partial charge in [0.15, 0.2) is 11.5 Å². The lowest BCUT2D eigenvalue weighted by molar-refractivity contribution is -0.159. The molecule has 2 amide bonds. The number of likely N-dealkylation sites (tertiary alicyclic amines) is 1. The highest BCUT2D eigenvalue weighted by molar-refractivity contribution is 6.27. The predicted molar refractivity (Wildman–Crippen MR) is 126 cm³/mol. The minimum absolute atomic E-state index is 0. The molecular weight excluding hydrogens is 462 g/mol. The molecule has 0 aromatic heterocycles. The van der Waals surface area contributed by atoms with Crippen LogP contribution in [-0.4, -0.2) is 114 Å². The highest BCUT2D eigenvalue weighted by atomic mass is 16.5. The number of methoxy groups -OCH3 is 2. The maximum Gasteiger partial charge on any atom is 0.414 e. The van der Waals surface area contributed by atoms with Crippen molar-refractivity contribution in [3.63, 3.8) is 0 Å². The topological polar surface area (TPSA) is 168 Å². The van der Waals surface area contributed by atoms with Gasteiger partial charge < -0.3 is 35.0 Å². The van der Waals surface area contributed by atoms with E-state index in [-0.39, 0.29) is 17.3 Å². The summed E-state index contributed by atoms with van der Waals surface area (Å²) in [5, 5.41) is 14.8. The van der Waals surface area contributed by atoms with Crippen LogP contribution in [0.5, 0.6) is 11.5 Å². The van der Waals surface area contributed by atoms with Gasteiger partial charge in [-0.15, -0.1) is 0 Å². The van der Waals surface area contributed by atoms with Crippen molar-refractivity contribution in [1.29, 1.82) is 0 Å². The first-order valence-corrected chi connectivity index (χ1v) is 10.9. The summed E-state index contributed by atoms with van der Waals surface area (Å²) in [5.41, 5.74) is 0.876. The SMILES string of the molecule is COc1ccc(/C=C/C(=O)N2CCN(CC(=O)N3CCCC3)CC2)cc1OC.O.O=C(O)C(=O)O. The summed E-state index contributed by atoms with van der Waals surface area (Å²) in [6.45, 7) is 4.98. The molecule has 0 aliphatic carbocycles. The molecule has 2 aliphatic rings. The van der Waals surface area contributed by atoms with Gasteiger partial charge in [0.25, 0.3) is 0 Å². The van der Waals surface area contributed by atoms with Crippen LogP contribution < -0.4 is 9.47 Å². The van der Waals surface area contributed by atoms with Gasteiger partial charge in [-0.3, -0.25) is 14.5 Å². The van der Waals surface area contributed by atoms with Crippen LogP contribution in [0.15, 0.2) is 24.3 Å². The molecule has 4 N–H and O–H groups in total. The summed E-state index contributed by atoms with van der Waals surface area (Å²) in [7, 11) is 3.18. The smallest absolute Gasteiger partial charge is 0.414 e. The Hall–Kier alpha value is -3.64. The fourth-order valence-electron chi connectivity index (χ4n) is 3.61. The maximum atomic E-state index is 12.5. The number of ether oxygens (including phenoxy) is 2. The minimum atomic E-state index is -1.82. The molecule has 2 aliphatic heterocycles. The van der Waals surface area contributed by atoms with E-state index in [4.69, 9.17) is 29.3 Å². The van der Waals surface area contributed by atoms with Gasteiger partial charge in [-0.05, 0) is 36.6 Å². The number of nitrogens with zero attached hydrogens (tertiary/aromatic N) is 3. The zero-order chi connectivity index (χ0) is 25.1. The van der Waals surface area contributed by atoms with Crippen LogP contribution in [0.2, 0.25) is 0 Å². The molecule has 12 heteroatoms. The molecule has 35 heavy (non-hydrogen) atoms. The Bertz CT molecular complexity index is 893. The molecule has 0 saturated carbocycles. The van der Waals surface area contributed by atoms with Crippen molar-refractivity contribution in [3.05, 3.63) is 29.8 Å².